The van der Waals surface area contributed by atoms with Crippen LogP contribution in [-0.4, -0.2) is 19.8 Å². The van der Waals surface area contributed by atoms with Gasteiger partial charge in [-0.05, 0) is 53.6 Å². The van der Waals surface area contributed by atoms with Crippen LogP contribution in [0, 0.1) is 0 Å². The molecule has 0 spiro atoms. The van der Waals surface area contributed by atoms with Crippen LogP contribution in [-0.2, 0) is 8.85 Å². The molecule has 0 N–H and O–H groups in total. The summed E-state index contributed by atoms with van der Waals surface area (Å²) < 4.78 is 12.1. The van der Waals surface area contributed by atoms with E-state index in [1.165, 1.54) is 0 Å². The van der Waals surface area contributed by atoms with Gasteiger partial charge >= 0.3 is 8.56 Å². The molecule has 0 aromatic heterocycles. The van der Waals surface area contributed by atoms with Crippen LogP contribution in [0.2, 0.25) is 13.1 Å². The van der Waals surface area contributed by atoms with Crippen molar-refractivity contribution in [3.63, 3.8) is 0 Å². The number of hydrogen-bond donors (Lipinski definition) is 0. The highest BCUT2D eigenvalue weighted by Gasteiger charge is 2.41. The van der Waals surface area contributed by atoms with E-state index in [4.69, 9.17) is 8.85 Å². The molecule has 1 aliphatic rings. The van der Waals surface area contributed by atoms with Crippen molar-refractivity contribution in [1.29, 1.82) is 0 Å². The SMILES string of the molecule is CC1(C)CCC(C)(C)O[Si](C)(C)O1. The van der Waals surface area contributed by atoms with Gasteiger partial charge in [0.05, 0.1) is 11.2 Å². The molecule has 1 fully saturated rings. The van der Waals surface area contributed by atoms with Gasteiger partial charge in [-0.25, -0.2) is 0 Å². The maximum Gasteiger partial charge on any atom is 0.332 e. The lowest BCUT2D eigenvalue weighted by Gasteiger charge is -2.33. The van der Waals surface area contributed by atoms with Crippen molar-refractivity contribution >= 4 is 8.56 Å². The monoisotopic (exact) mass is 202 g/mol. The van der Waals surface area contributed by atoms with Gasteiger partial charge in [0, 0.05) is 0 Å². The summed E-state index contributed by atoms with van der Waals surface area (Å²) in [5, 5.41) is 0. The molecule has 0 amide bonds. The Morgan fingerprint density at radius 3 is 1.46 bits per heavy atom. The van der Waals surface area contributed by atoms with Gasteiger partial charge < -0.3 is 8.85 Å². The largest absolute Gasteiger partial charge is 0.389 e. The minimum atomic E-state index is -1.91. The third kappa shape index (κ3) is 3.41. The fourth-order valence-corrected chi connectivity index (χ4v) is 4.96. The standard InChI is InChI=1S/C10H22O2Si/c1-9(2)7-8-10(3,4)12-13(5,6)11-9/h7-8H2,1-6H3. The predicted molar refractivity (Wildman–Crippen MR) is 57.0 cm³/mol. The Balaban J connectivity index is 2.82. The summed E-state index contributed by atoms with van der Waals surface area (Å²) in [6, 6.07) is 0. The molecule has 1 saturated heterocycles. The summed E-state index contributed by atoms with van der Waals surface area (Å²) in [6.07, 6.45) is 2.16. The van der Waals surface area contributed by atoms with Crippen molar-refractivity contribution in [2.75, 3.05) is 0 Å². The molecule has 0 atom stereocenters. The van der Waals surface area contributed by atoms with Crippen molar-refractivity contribution in [1.82, 2.24) is 0 Å². The van der Waals surface area contributed by atoms with Crippen LogP contribution in [0.25, 0.3) is 0 Å². The van der Waals surface area contributed by atoms with Crippen molar-refractivity contribution in [3.05, 3.63) is 0 Å². The molecule has 2 nitrogen and oxygen atoms in total. The first-order chi connectivity index (χ1) is 5.62. The zero-order valence-corrected chi connectivity index (χ0v) is 10.7. The van der Waals surface area contributed by atoms with Crippen LogP contribution in [0.5, 0.6) is 0 Å². The first kappa shape index (κ1) is 11.2. The Morgan fingerprint density at radius 1 is 0.846 bits per heavy atom. The molecule has 1 heterocycles. The van der Waals surface area contributed by atoms with Crippen LogP contribution in [0.4, 0.5) is 0 Å². The van der Waals surface area contributed by atoms with Crippen molar-refractivity contribution in [2.24, 2.45) is 0 Å². The van der Waals surface area contributed by atoms with Crippen molar-refractivity contribution < 1.29 is 8.85 Å². The summed E-state index contributed by atoms with van der Waals surface area (Å²) in [5.41, 5.74) is -0.0208. The zero-order chi connectivity index (χ0) is 10.3. The second-order valence-corrected chi connectivity index (χ2v) is 8.83. The van der Waals surface area contributed by atoms with Gasteiger partial charge in [0.1, 0.15) is 0 Å². The van der Waals surface area contributed by atoms with E-state index in [0.29, 0.717) is 0 Å². The van der Waals surface area contributed by atoms with E-state index in [1.54, 1.807) is 0 Å². The Labute approximate surface area is 82.9 Å². The Morgan fingerprint density at radius 2 is 1.15 bits per heavy atom. The van der Waals surface area contributed by atoms with Gasteiger partial charge in [-0.2, -0.15) is 0 Å². The lowest BCUT2D eigenvalue weighted by atomic mass is 9.94. The molecule has 1 rings (SSSR count). The minimum Gasteiger partial charge on any atom is -0.389 e. The molecule has 0 aromatic carbocycles. The van der Waals surface area contributed by atoms with Gasteiger partial charge in [0.25, 0.3) is 0 Å². The first-order valence-corrected chi connectivity index (χ1v) is 7.84. The van der Waals surface area contributed by atoms with Gasteiger partial charge in [-0.3, -0.25) is 0 Å². The third-order valence-corrected chi connectivity index (χ3v) is 4.46. The summed E-state index contributed by atoms with van der Waals surface area (Å²) in [6.45, 7) is 12.9. The molecular weight excluding hydrogens is 180 g/mol. The first-order valence-electron chi connectivity index (χ1n) is 5.02. The van der Waals surface area contributed by atoms with Crippen LogP contribution in [0.15, 0.2) is 0 Å². The Bertz CT molecular complexity index is 177. The molecular formula is C10H22O2Si. The highest BCUT2D eigenvalue weighted by molar-refractivity contribution is 6.64. The quantitative estimate of drug-likeness (QED) is 0.562. The van der Waals surface area contributed by atoms with E-state index in [2.05, 4.69) is 40.8 Å². The Hall–Kier alpha value is 0.137. The lowest BCUT2D eigenvalue weighted by molar-refractivity contribution is 0.0498. The predicted octanol–water partition coefficient (Wildman–Crippen LogP) is 3.07. The van der Waals surface area contributed by atoms with E-state index in [-0.39, 0.29) is 11.2 Å². The highest BCUT2D eigenvalue weighted by Crippen LogP contribution is 2.34. The summed E-state index contributed by atoms with van der Waals surface area (Å²) >= 11 is 0. The lowest BCUT2D eigenvalue weighted by Crippen LogP contribution is -2.44. The molecule has 0 saturated carbocycles. The van der Waals surface area contributed by atoms with Gasteiger partial charge in [-0.1, -0.05) is 0 Å². The number of rotatable bonds is 0. The van der Waals surface area contributed by atoms with Crippen LogP contribution < -0.4 is 0 Å². The van der Waals surface area contributed by atoms with E-state index in [9.17, 15) is 0 Å². The summed E-state index contributed by atoms with van der Waals surface area (Å²) in [5.74, 6) is 0. The molecule has 78 valence electrons. The van der Waals surface area contributed by atoms with E-state index in [1.807, 2.05) is 0 Å². The maximum atomic E-state index is 6.04. The van der Waals surface area contributed by atoms with E-state index in [0.717, 1.165) is 12.8 Å². The molecule has 13 heavy (non-hydrogen) atoms. The molecule has 0 bridgehead atoms. The van der Waals surface area contributed by atoms with Gasteiger partial charge in [-0.15, -0.1) is 0 Å². The van der Waals surface area contributed by atoms with Crippen molar-refractivity contribution in [3.8, 4) is 0 Å². The number of hydrogen-bond acceptors (Lipinski definition) is 2. The molecule has 0 radical (unpaired) electrons. The fourth-order valence-electron chi connectivity index (χ4n) is 2.06. The molecule has 3 heteroatoms. The second kappa shape index (κ2) is 3.07. The van der Waals surface area contributed by atoms with Crippen LogP contribution in [0.3, 0.4) is 0 Å². The summed E-state index contributed by atoms with van der Waals surface area (Å²) in [4.78, 5) is 0. The van der Waals surface area contributed by atoms with Gasteiger partial charge in [0.2, 0.25) is 0 Å². The third-order valence-electron chi connectivity index (χ3n) is 2.37. The van der Waals surface area contributed by atoms with Crippen LogP contribution >= 0.6 is 0 Å². The van der Waals surface area contributed by atoms with E-state index >= 15 is 0 Å². The highest BCUT2D eigenvalue weighted by atomic mass is 28.4. The Kier molecular flexibility index (Phi) is 2.65. The second-order valence-electron chi connectivity index (χ2n) is 5.62. The smallest absolute Gasteiger partial charge is 0.332 e. The maximum absolute atomic E-state index is 6.04. The van der Waals surface area contributed by atoms with Crippen molar-refractivity contribution in [2.45, 2.75) is 64.8 Å². The molecule has 0 unspecified atom stereocenters. The average Bonchev–Trinajstić information content (AvgIpc) is 1.83. The molecule has 0 aromatic rings. The molecule has 1 aliphatic heterocycles. The normalized spacial score (nSPS) is 30.9. The van der Waals surface area contributed by atoms with Crippen LogP contribution in [0.1, 0.15) is 40.5 Å². The van der Waals surface area contributed by atoms with Gasteiger partial charge in [0.15, 0.2) is 0 Å². The topological polar surface area (TPSA) is 18.5 Å². The zero-order valence-electron chi connectivity index (χ0n) is 9.73. The minimum absolute atomic E-state index is 0.0104. The average molecular weight is 202 g/mol. The fraction of sp³-hybridized carbons (Fsp3) is 1.00. The van der Waals surface area contributed by atoms with E-state index < -0.39 is 8.56 Å². The summed E-state index contributed by atoms with van der Waals surface area (Å²) in [7, 11) is -1.91. The molecule has 0 aliphatic carbocycles.